The number of likely N-dealkylation sites (tertiary alicyclic amines) is 1. The fourth-order valence-electron chi connectivity index (χ4n) is 2.77. The van der Waals surface area contributed by atoms with Crippen molar-refractivity contribution >= 4 is 0 Å². The Kier molecular flexibility index (Phi) is 5.73. The van der Waals surface area contributed by atoms with Crippen LogP contribution in [-0.4, -0.2) is 18.0 Å². The minimum atomic E-state index is 1.15. The maximum absolute atomic E-state index is 2.59. The number of benzene rings is 1. The molecule has 0 N–H and O–H groups in total. The van der Waals surface area contributed by atoms with Gasteiger partial charge in [0.1, 0.15) is 0 Å². The van der Waals surface area contributed by atoms with Gasteiger partial charge in [0.15, 0.2) is 0 Å². The van der Waals surface area contributed by atoms with Crippen LogP contribution in [0.3, 0.4) is 0 Å². The molecular formula is C17H27N. The highest BCUT2D eigenvalue weighted by molar-refractivity contribution is 5.22. The number of aryl methyl sites for hydroxylation is 1. The van der Waals surface area contributed by atoms with Crippen LogP contribution >= 0.6 is 0 Å². The Balaban J connectivity index is 1.79. The van der Waals surface area contributed by atoms with Gasteiger partial charge in [-0.3, -0.25) is 4.90 Å². The summed E-state index contributed by atoms with van der Waals surface area (Å²) < 4.78 is 0. The van der Waals surface area contributed by atoms with Gasteiger partial charge in [-0.05, 0) is 49.9 Å². The summed E-state index contributed by atoms with van der Waals surface area (Å²) in [7, 11) is 0. The van der Waals surface area contributed by atoms with Crippen molar-refractivity contribution in [1.82, 2.24) is 4.90 Å². The molecule has 0 bridgehead atoms. The minimum absolute atomic E-state index is 1.15. The van der Waals surface area contributed by atoms with E-state index >= 15 is 0 Å². The molecule has 1 saturated heterocycles. The van der Waals surface area contributed by atoms with Crippen LogP contribution in [0.4, 0.5) is 0 Å². The second kappa shape index (κ2) is 7.58. The molecule has 0 radical (unpaired) electrons. The van der Waals surface area contributed by atoms with E-state index in [9.17, 15) is 0 Å². The zero-order valence-electron chi connectivity index (χ0n) is 11.8. The lowest BCUT2D eigenvalue weighted by atomic mass is 10.0. The van der Waals surface area contributed by atoms with Crippen molar-refractivity contribution in [2.45, 2.75) is 58.4 Å². The van der Waals surface area contributed by atoms with Gasteiger partial charge < -0.3 is 0 Å². The summed E-state index contributed by atoms with van der Waals surface area (Å²) in [6.45, 7) is 5.99. The van der Waals surface area contributed by atoms with Crippen LogP contribution in [0.5, 0.6) is 0 Å². The van der Waals surface area contributed by atoms with E-state index in [1.165, 1.54) is 69.2 Å². The monoisotopic (exact) mass is 245 g/mol. The van der Waals surface area contributed by atoms with Gasteiger partial charge in [-0.2, -0.15) is 0 Å². The first-order valence-electron chi connectivity index (χ1n) is 7.68. The second-order valence-electron chi connectivity index (χ2n) is 5.61. The Bertz CT molecular complexity index is 322. The van der Waals surface area contributed by atoms with Gasteiger partial charge in [0, 0.05) is 6.54 Å². The number of unbranched alkanes of at least 4 members (excludes halogenated alkanes) is 2. The van der Waals surface area contributed by atoms with Gasteiger partial charge in [-0.1, -0.05) is 50.5 Å². The van der Waals surface area contributed by atoms with Crippen LogP contribution in [-0.2, 0) is 13.0 Å². The van der Waals surface area contributed by atoms with Crippen LogP contribution in [0.1, 0.15) is 56.6 Å². The summed E-state index contributed by atoms with van der Waals surface area (Å²) in [5, 5.41) is 0. The molecule has 1 aliphatic heterocycles. The normalized spacial score (nSPS) is 16.9. The standard InChI is InChI=1S/C17H27N/c1-2-3-5-8-16-9-11-17(12-10-16)15-18-13-6-4-7-14-18/h9-12H,2-8,13-15H2,1H3. The van der Waals surface area contributed by atoms with Crippen LogP contribution < -0.4 is 0 Å². The third-order valence-corrected chi connectivity index (χ3v) is 3.95. The number of piperidine rings is 1. The van der Waals surface area contributed by atoms with Gasteiger partial charge in [0.05, 0.1) is 0 Å². The van der Waals surface area contributed by atoms with Crippen molar-refractivity contribution in [3.05, 3.63) is 35.4 Å². The number of hydrogen-bond acceptors (Lipinski definition) is 1. The predicted molar refractivity (Wildman–Crippen MR) is 78.8 cm³/mol. The summed E-state index contributed by atoms with van der Waals surface area (Å²) >= 11 is 0. The lowest BCUT2D eigenvalue weighted by molar-refractivity contribution is 0.221. The largest absolute Gasteiger partial charge is 0.299 e. The topological polar surface area (TPSA) is 3.24 Å². The predicted octanol–water partition coefficient (Wildman–Crippen LogP) is 4.41. The van der Waals surface area contributed by atoms with Crippen molar-refractivity contribution in [2.24, 2.45) is 0 Å². The number of hydrogen-bond donors (Lipinski definition) is 0. The quantitative estimate of drug-likeness (QED) is 0.671. The van der Waals surface area contributed by atoms with Gasteiger partial charge >= 0.3 is 0 Å². The van der Waals surface area contributed by atoms with Gasteiger partial charge in [-0.15, -0.1) is 0 Å². The highest BCUT2D eigenvalue weighted by Gasteiger charge is 2.09. The summed E-state index contributed by atoms with van der Waals surface area (Å²) in [4.78, 5) is 2.59. The first-order chi connectivity index (χ1) is 8.88. The second-order valence-corrected chi connectivity index (χ2v) is 5.61. The summed E-state index contributed by atoms with van der Waals surface area (Å²) in [6.07, 6.45) is 9.44. The van der Waals surface area contributed by atoms with Gasteiger partial charge in [0.2, 0.25) is 0 Å². The average Bonchev–Trinajstić information content (AvgIpc) is 2.42. The first-order valence-corrected chi connectivity index (χ1v) is 7.68. The highest BCUT2D eigenvalue weighted by atomic mass is 15.1. The molecule has 18 heavy (non-hydrogen) atoms. The summed E-state index contributed by atoms with van der Waals surface area (Å²) in [5.74, 6) is 0. The summed E-state index contributed by atoms with van der Waals surface area (Å²) in [5.41, 5.74) is 2.99. The molecule has 1 nitrogen and oxygen atoms in total. The Hall–Kier alpha value is -0.820. The molecule has 0 aromatic heterocycles. The highest BCUT2D eigenvalue weighted by Crippen LogP contribution is 2.14. The smallest absolute Gasteiger partial charge is 0.0233 e. The zero-order valence-corrected chi connectivity index (χ0v) is 11.8. The molecular weight excluding hydrogens is 218 g/mol. The molecule has 1 heterocycles. The molecule has 0 amide bonds. The Morgan fingerprint density at radius 3 is 2.22 bits per heavy atom. The van der Waals surface area contributed by atoms with E-state index in [4.69, 9.17) is 0 Å². The van der Waals surface area contributed by atoms with E-state index in [2.05, 4.69) is 36.1 Å². The van der Waals surface area contributed by atoms with Crippen LogP contribution in [0.2, 0.25) is 0 Å². The van der Waals surface area contributed by atoms with E-state index in [-0.39, 0.29) is 0 Å². The van der Waals surface area contributed by atoms with Gasteiger partial charge in [-0.25, -0.2) is 0 Å². The lowest BCUT2D eigenvalue weighted by Gasteiger charge is -2.26. The van der Waals surface area contributed by atoms with E-state index < -0.39 is 0 Å². The molecule has 1 aromatic carbocycles. The maximum Gasteiger partial charge on any atom is 0.0233 e. The minimum Gasteiger partial charge on any atom is -0.299 e. The Morgan fingerprint density at radius 2 is 1.56 bits per heavy atom. The molecule has 1 aliphatic rings. The average molecular weight is 245 g/mol. The third kappa shape index (κ3) is 4.45. The van der Waals surface area contributed by atoms with Crippen LogP contribution in [0.15, 0.2) is 24.3 Å². The van der Waals surface area contributed by atoms with Crippen LogP contribution in [0.25, 0.3) is 0 Å². The molecule has 2 rings (SSSR count). The first kappa shape index (κ1) is 13.6. The van der Waals surface area contributed by atoms with Crippen molar-refractivity contribution in [3.8, 4) is 0 Å². The lowest BCUT2D eigenvalue weighted by Crippen LogP contribution is -2.29. The molecule has 0 spiro atoms. The van der Waals surface area contributed by atoms with Gasteiger partial charge in [0.25, 0.3) is 0 Å². The van der Waals surface area contributed by atoms with Crippen LogP contribution in [0, 0.1) is 0 Å². The molecule has 1 heteroatoms. The van der Waals surface area contributed by atoms with E-state index in [0.717, 1.165) is 6.54 Å². The molecule has 0 unspecified atom stereocenters. The van der Waals surface area contributed by atoms with Crippen molar-refractivity contribution < 1.29 is 0 Å². The number of rotatable bonds is 6. The SMILES string of the molecule is CCCCCc1ccc(CN2CCCCC2)cc1. The Morgan fingerprint density at radius 1 is 0.889 bits per heavy atom. The molecule has 100 valence electrons. The van der Waals surface area contributed by atoms with Crippen molar-refractivity contribution in [1.29, 1.82) is 0 Å². The third-order valence-electron chi connectivity index (χ3n) is 3.95. The fraction of sp³-hybridized carbons (Fsp3) is 0.647. The molecule has 0 aliphatic carbocycles. The zero-order chi connectivity index (χ0) is 12.6. The van der Waals surface area contributed by atoms with E-state index in [1.54, 1.807) is 0 Å². The Labute approximate surface area is 112 Å². The number of nitrogens with zero attached hydrogens (tertiary/aromatic N) is 1. The van der Waals surface area contributed by atoms with E-state index in [1.807, 2.05) is 0 Å². The van der Waals surface area contributed by atoms with E-state index in [0.29, 0.717) is 0 Å². The molecule has 1 fully saturated rings. The van der Waals surface area contributed by atoms with Crippen molar-refractivity contribution in [2.75, 3.05) is 13.1 Å². The molecule has 0 saturated carbocycles. The summed E-state index contributed by atoms with van der Waals surface area (Å²) in [6, 6.07) is 9.32. The molecule has 0 atom stereocenters. The molecule has 1 aromatic rings. The van der Waals surface area contributed by atoms with Crippen molar-refractivity contribution in [3.63, 3.8) is 0 Å². The fourth-order valence-corrected chi connectivity index (χ4v) is 2.77. The maximum atomic E-state index is 2.59.